The first-order valence-electron chi connectivity index (χ1n) is 7.31. The van der Waals surface area contributed by atoms with Crippen LogP contribution in [0.25, 0.3) is 0 Å². The van der Waals surface area contributed by atoms with Gasteiger partial charge in [0.2, 0.25) is 0 Å². The number of benzene rings is 1. The Kier molecular flexibility index (Phi) is 5.24. The fourth-order valence-electron chi connectivity index (χ4n) is 2.66. The highest BCUT2D eigenvalue weighted by molar-refractivity contribution is 7.86. The molecule has 21 heavy (non-hydrogen) atoms. The second-order valence-corrected chi connectivity index (χ2v) is 7.56. The maximum atomic E-state index is 12.7. The predicted octanol–water partition coefficient (Wildman–Crippen LogP) is 2.25. The number of methoxy groups -OCH3 is 1. The topological polar surface area (TPSA) is 49.9 Å². The summed E-state index contributed by atoms with van der Waals surface area (Å²) < 4.78 is 33.5. The molecule has 6 heteroatoms. The average Bonchev–Trinajstić information content (AvgIpc) is 2.48. The maximum absolute atomic E-state index is 12.7. The minimum absolute atomic E-state index is 0.0852. The third-order valence-corrected chi connectivity index (χ3v) is 6.05. The van der Waals surface area contributed by atoms with E-state index in [1.54, 1.807) is 18.5 Å². The Labute approximate surface area is 127 Å². The van der Waals surface area contributed by atoms with Crippen LogP contribution in [0.1, 0.15) is 31.7 Å². The van der Waals surface area contributed by atoms with Gasteiger partial charge in [-0.2, -0.15) is 17.0 Å². The fourth-order valence-corrected chi connectivity index (χ4v) is 4.25. The summed E-state index contributed by atoms with van der Waals surface area (Å²) in [6.07, 6.45) is 2.99. The molecule has 118 valence electrons. The van der Waals surface area contributed by atoms with Crippen LogP contribution in [0.15, 0.2) is 24.3 Å². The lowest BCUT2D eigenvalue weighted by Gasteiger charge is -2.35. The Hall–Kier alpha value is -1.11. The average molecular weight is 312 g/mol. The zero-order valence-electron chi connectivity index (χ0n) is 12.9. The van der Waals surface area contributed by atoms with Crippen LogP contribution in [0.3, 0.4) is 0 Å². The smallest absolute Gasteiger partial charge is 0.282 e. The lowest BCUT2D eigenvalue weighted by atomic mass is 10.1. The lowest BCUT2D eigenvalue weighted by Crippen LogP contribution is -2.48. The second kappa shape index (κ2) is 6.77. The molecule has 1 aliphatic rings. The highest BCUT2D eigenvalue weighted by Gasteiger charge is 2.32. The molecule has 2 rings (SSSR count). The molecule has 1 atom stereocenters. The Morgan fingerprint density at radius 3 is 2.52 bits per heavy atom. The molecule has 1 aliphatic heterocycles. The van der Waals surface area contributed by atoms with Gasteiger partial charge in [-0.15, -0.1) is 0 Å². The van der Waals surface area contributed by atoms with Crippen molar-refractivity contribution in [2.75, 3.05) is 20.7 Å². The summed E-state index contributed by atoms with van der Waals surface area (Å²) in [7, 11) is -0.136. The molecule has 1 saturated heterocycles. The zero-order chi connectivity index (χ0) is 15.5. The maximum Gasteiger partial charge on any atom is 0.282 e. The van der Waals surface area contributed by atoms with Gasteiger partial charge in [0.1, 0.15) is 5.75 Å². The Morgan fingerprint density at radius 1 is 1.29 bits per heavy atom. The van der Waals surface area contributed by atoms with E-state index < -0.39 is 10.2 Å². The van der Waals surface area contributed by atoms with E-state index in [0.29, 0.717) is 13.1 Å². The Bertz CT molecular complexity index is 557. The van der Waals surface area contributed by atoms with Crippen molar-refractivity contribution in [2.24, 2.45) is 0 Å². The van der Waals surface area contributed by atoms with E-state index in [9.17, 15) is 8.42 Å². The molecule has 5 nitrogen and oxygen atoms in total. The molecule has 0 aromatic heterocycles. The SMILES string of the molecule is COc1ccc(CN(C)S(=O)(=O)N2CCCC[C@@H]2C)cc1. The highest BCUT2D eigenvalue weighted by Crippen LogP contribution is 2.23. The van der Waals surface area contributed by atoms with Crippen molar-refractivity contribution < 1.29 is 13.2 Å². The van der Waals surface area contributed by atoms with Crippen molar-refractivity contribution in [2.45, 2.75) is 38.8 Å². The van der Waals surface area contributed by atoms with Gasteiger partial charge in [-0.1, -0.05) is 18.6 Å². The van der Waals surface area contributed by atoms with Crippen LogP contribution in [0.4, 0.5) is 0 Å². The minimum Gasteiger partial charge on any atom is -0.497 e. The number of piperidine rings is 1. The first-order chi connectivity index (χ1) is 9.95. The van der Waals surface area contributed by atoms with Crippen molar-refractivity contribution >= 4 is 10.2 Å². The third-order valence-electron chi connectivity index (χ3n) is 4.00. The summed E-state index contributed by atoms with van der Waals surface area (Å²) in [6, 6.07) is 7.57. The van der Waals surface area contributed by atoms with Crippen molar-refractivity contribution in [3.63, 3.8) is 0 Å². The molecule has 1 heterocycles. The van der Waals surface area contributed by atoms with E-state index in [-0.39, 0.29) is 6.04 Å². The van der Waals surface area contributed by atoms with Gasteiger partial charge in [-0.05, 0) is 37.5 Å². The predicted molar refractivity (Wildman–Crippen MR) is 83.4 cm³/mol. The van der Waals surface area contributed by atoms with E-state index >= 15 is 0 Å². The summed E-state index contributed by atoms with van der Waals surface area (Å²) in [5, 5.41) is 0. The van der Waals surface area contributed by atoms with Crippen LogP contribution in [0, 0.1) is 0 Å². The monoisotopic (exact) mass is 312 g/mol. The van der Waals surface area contributed by atoms with Crippen LogP contribution >= 0.6 is 0 Å². The Balaban J connectivity index is 2.08. The normalized spacial score (nSPS) is 20.7. The lowest BCUT2D eigenvalue weighted by molar-refractivity contribution is 0.249. The summed E-state index contributed by atoms with van der Waals surface area (Å²) in [4.78, 5) is 0. The molecule has 0 saturated carbocycles. The van der Waals surface area contributed by atoms with Gasteiger partial charge >= 0.3 is 0 Å². The number of rotatable bonds is 5. The van der Waals surface area contributed by atoms with Gasteiger partial charge in [0.25, 0.3) is 10.2 Å². The zero-order valence-corrected chi connectivity index (χ0v) is 13.8. The van der Waals surface area contributed by atoms with Crippen LogP contribution in [-0.4, -0.2) is 43.8 Å². The van der Waals surface area contributed by atoms with Crippen molar-refractivity contribution in [3.05, 3.63) is 29.8 Å². The van der Waals surface area contributed by atoms with E-state index in [4.69, 9.17) is 4.74 Å². The minimum atomic E-state index is -3.39. The number of ether oxygens (including phenoxy) is 1. The van der Waals surface area contributed by atoms with Gasteiger partial charge in [-0.3, -0.25) is 0 Å². The molecule has 0 radical (unpaired) electrons. The molecule has 1 fully saturated rings. The largest absolute Gasteiger partial charge is 0.497 e. The molecule has 0 spiro atoms. The summed E-state index contributed by atoms with van der Waals surface area (Å²) in [6.45, 7) is 2.98. The van der Waals surface area contributed by atoms with Gasteiger partial charge in [0, 0.05) is 26.2 Å². The molecule has 0 unspecified atom stereocenters. The molecule has 0 bridgehead atoms. The van der Waals surface area contributed by atoms with E-state index in [0.717, 1.165) is 30.6 Å². The van der Waals surface area contributed by atoms with Gasteiger partial charge in [-0.25, -0.2) is 0 Å². The summed E-state index contributed by atoms with van der Waals surface area (Å²) in [5.41, 5.74) is 0.950. The molecular weight excluding hydrogens is 288 g/mol. The first-order valence-corrected chi connectivity index (χ1v) is 8.71. The molecule has 1 aromatic carbocycles. The van der Waals surface area contributed by atoms with Crippen molar-refractivity contribution in [1.82, 2.24) is 8.61 Å². The van der Waals surface area contributed by atoms with E-state index in [2.05, 4.69) is 0 Å². The molecule has 1 aromatic rings. The Morgan fingerprint density at radius 2 is 1.95 bits per heavy atom. The van der Waals surface area contributed by atoms with Crippen LogP contribution in [0.2, 0.25) is 0 Å². The summed E-state index contributed by atoms with van der Waals surface area (Å²) >= 11 is 0. The van der Waals surface area contributed by atoms with Gasteiger partial charge < -0.3 is 4.74 Å². The first kappa shape index (κ1) is 16.3. The van der Waals surface area contributed by atoms with E-state index in [1.165, 1.54) is 4.31 Å². The summed E-state index contributed by atoms with van der Waals surface area (Å²) in [5.74, 6) is 0.772. The number of hydrogen-bond acceptors (Lipinski definition) is 3. The van der Waals surface area contributed by atoms with Crippen LogP contribution in [-0.2, 0) is 16.8 Å². The number of hydrogen-bond donors (Lipinski definition) is 0. The van der Waals surface area contributed by atoms with E-state index in [1.807, 2.05) is 31.2 Å². The van der Waals surface area contributed by atoms with Gasteiger partial charge in [0.15, 0.2) is 0 Å². The van der Waals surface area contributed by atoms with Gasteiger partial charge in [0.05, 0.1) is 7.11 Å². The number of nitrogens with zero attached hydrogens (tertiary/aromatic N) is 2. The molecule has 0 aliphatic carbocycles. The quantitative estimate of drug-likeness (QED) is 0.838. The molecule has 0 N–H and O–H groups in total. The molecule has 0 amide bonds. The molecular formula is C15H24N2O3S. The van der Waals surface area contributed by atoms with Crippen molar-refractivity contribution in [1.29, 1.82) is 0 Å². The van der Waals surface area contributed by atoms with Crippen LogP contribution in [0.5, 0.6) is 5.75 Å². The third kappa shape index (κ3) is 3.75. The highest BCUT2D eigenvalue weighted by atomic mass is 32.2. The standard InChI is InChI=1S/C15H24N2O3S/c1-13-6-4-5-11-17(13)21(18,19)16(2)12-14-7-9-15(20-3)10-8-14/h7-10,13H,4-6,11-12H2,1-3H3/t13-/m0/s1. The fraction of sp³-hybridized carbons (Fsp3) is 0.600. The van der Waals surface area contributed by atoms with Crippen LogP contribution < -0.4 is 4.74 Å². The second-order valence-electron chi connectivity index (χ2n) is 5.57. The van der Waals surface area contributed by atoms with Crippen molar-refractivity contribution in [3.8, 4) is 5.75 Å².